The van der Waals surface area contributed by atoms with Crippen molar-refractivity contribution in [2.45, 2.75) is 25.6 Å². The number of carbonyl (C=O) groups is 2. The number of H-pyrrole nitrogens is 1. The molecule has 0 saturated carbocycles. The number of hydrogen-bond donors (Lipinski definition) is 3. The molecule has 1 aromatic heterocycles. The monoisotopic (exact) mass is 308 g/mol. The molecule has 0 bridgehead atoms. The molecule has 1 unspecified atom stereocenters. The lowest BCUT2D eigenvalue weighted by Gasteiger charge is -2.24. The Morgan fingerprint density at radius 1 is 1.52 bits per heavy atom. The number of carboxylic acids is 1. The summed E-state index contributed by atoms with van der Waals surface area (Å²) in [4.78, 5) is 29.6. The van der Waals surface area contributed by atoms with Gasteiger partial charge >= 0.3 is 18.2 Å². The van der Waals surface area contributed by atoms with Gasteiger partial charge in [-0.2, -0.15) is 13.2 Å². The van der Waals surface area contributed by atoms with Crippen LogP contribution in [0.3, 0.4) is 0 Å². The van der Waals surface area contributed by atoms with E-state index in [0.29, 0.717) is 10.6 Å². The van der Waals surface area contributed by atoms with Crippen molar-refractivity contribution in [3.8, 4) is 0 Å². The number of hydrogen-bond acceptors (Lipinski definition) is 3. The van der Waals surface area contributed by atoms with Crippen LogP contribution in [0.1, 0.15) is 12.6 Å². The number of alkyl halides is 3. The normalized spacial score (nSPS) is 12.8. The van der Waals surface area contributed by atoms with E-state index in [1.165, 1.54) is 19.4 Å². The predicted octanol–water partition coefficient (Wildman–Crippen LogP) is 0.999. The highest BCUT2D eigenvalue weighted by molar-refractivity contribution is 5.82. The summed E-state index contributed by atoms with van der Waals surface area (Å²) in [7, 11) is 0. The topological polar surface area (TPSA) is 98.3 Å². The lowest BCUT2D eigenvalue weighted by Crippen LogP contribution is -2.51. The number of carbonyl (C=O) groups excluding carboxylic acids is 1. The molecule has 10 heteroatoms. The number of nitrogens with one attached hydrogen (secondary N) is 2. The van der Waals surface area contributed by atoms with Gasteiger partial charge in [0.2, 0.25) is 0 Å². The number of imidazole rings is 1. The summed E-state index contributed by atoms with van der Waals surface area (Å²) in [6.07, 6.45) is -1.95. The van der Waals surface area contributed by atoms with Crippen LogP contribution in [0.15, 0.2) is 12.5 Å². The fraction of sp³-hybridized carbons (Fsp3) is 0.545. The first-order chi connectivity index (χ1) is 9.73. The van der Waals surface area contributed by atoms with Crippen molar-refractivity contribution in [3.63, 3.8) is 0 Å². The molecular weight excluding hydrogens is 293 g/mol. The Hall–Kier alpha value is -2.26. The van der Waals surface area contributed by atoms with Crippen LogP contribution < -0.4 is 5.32 Å². The zero-order chi connectivity index (χ0) is 16.0. The molecule has 0 saturated heterocycles. The van der Waals surface area contributed by atoms with Crippen LogP contribution in [0.25, 0.3) is 0 Å². The molecule has 3 N–H and O–H groups in total. The van der Waals surface area contributed by atoms with Crippen LogP contribution in [0.5, 0.6) is 0 Å². The van der Waals surface area contributed by atoms with E-state index in [4.69, 9.17) is 5.11 Å². The van der Waals surface area contributed by atoms with Crippen molar-refractivity contribution in [1.82, 2.24) is 20.2 Å². The number of urea groups is 1. The molecule has 1 rings (SSSR count). The summed E-state index contributed by atoms with van der Waals surface area (Å²) in [5.41, 5.74) is 0.446. The Labute approximate surface area is 118 Å². The average molecular weight is 308 g/mol. The van der Waals surface area contributed by atoms with Crippen LogP contribution in [0, 0.1) is 0 Å². The van der Waals surface area contributed by atoms with Crippen molar-refractivity contribution >= 4 is 12.0 Å². The molecule has 118 valence electrons. The highest BCUT2D eigenvalue weighted by Crippen LogP contribution is 2.16. The Balaban J connectivity index is 2.69. The summed E-state index contributed by atoms with van der Waals surface area (Å²) < 4.78 is 36.9. The summed E-state index contributed by atoms with van der Waals surface area (Å²) in [6.45, 7) is -0.260. The first-order valence-corrected chi connectivity index (χ1v) is 6.05. The number of carboxylic acid groups (broad SMARTS) is 1. The predicted molar refractivity (Wildman–Crippen MR) is 65.5 cm³/mol. The van der Waals surface area contributed by atoms with E-state index in [9.17, 15) is 22.8 Å². The molecule has 0 aromatic carbocycles. The second-order valence-electron chi connectivity index (χ2n) is 4.25. The minimum Gasteiger partial charge on any atom is -0.480 e. The maximum absolute atomic E-state index is 12.3. The first-order valence-electron chi connectivity index (χ1n) is 6.05. The van der Waals surface area contributed by atoms with E-state index < -0.39 is 30.8 Å². The van der Waals surface area contributed by atoms with E-state index in [0.717, 1.165) is 0 Å². The lowest BCUT2D eigenvalue weighted by atomic mass is 10.1. The van der Waals surface area contributed by atoms with Gasteiger partial charge in [0.15, 0.2) is 0 Å². The number of aromatic amines is 1. The highest BCUT2D eigenvalue weighted by atomic mass is 19.4. The Kier molecular flexibility index (Phi) is 5.56. The smallest absolute Gasteiger partial charge is 0.406 e. The number of nitrogens with zero attached hydrogens (tertiary/aromatic N) is 2. The minimum absolute atomic E-state index is 0.107. The van der Waals surface area contributed by atoms with Gasteiger partial charge in [0.1, 0.15) is 12.6 Å². The third kappa shape index (κ3) is 5.71. The Morgan fingerprint density at radius 2 is 2.19 bits per heavy atom. The molecule has 0 radical (unpaired) electrons. The largest absolute Gasteiger partial charge is 0.480 e. The van der Waals surface area contributed by atoms with E-state index in [1.807, 2.05) is 0 Å². The summed E-state index contributed by atoms with van der Waals surface area (Å²) in [5.74, 6) is -1.35. The highest BCUT2D eigenvalue weighted by Gasteiger charge is 2.33. The zero-order valence-electron chi connectivity index (χ0n) is 11.1. The fourth-order valence-corrected chi connectivity index (χ4v) is 1.60. The number of rotatable bonds is 6. The molecule has 0 aliphatic carbocycles. The Bertz CT molecular complexity index is 476. The molecule has 21 heavy (non-hydrogen) atoms. The molecular formula is C11H15F3N4O3. The molecule has 0 spiro atoms. The van der Waals surface area contributed by atoms with Gasteiger partial charge in [0, 0.05) is 24.9 Å². The van der Waals surface area contributed by atoms with Crippen molar-refractivity contribution in [2.75, 3.05) is 13.1 Å². The molecule has 1 aromatic rings. The van der Waals surface area contributed by atoms with Crippen molar-refractivity contribution in [3.05, 3.63) is 18.2 Å². The molecule has 2 amide bonds. The maximum Gasteiger partial charge on any atom is 0.406 e. The SMILES string of the molecule is CCN(CC(F)(F)F)C(=O)NC(Cc1cnc[nH]1)C(=O)O. The van der Waals surface area contributed by atoms with Gasteiger partial charge < -0.3 is 20.3 Å². The summed E-state index contributed by atoms with van der Waals surface area (Å²) >= 11 is 0. The van der Waals surface area contributed by atoms with Gasteiger partial charge in [0.25, 0.3) is 0 Å². The summed E-state index contributed by atoms with van der Waals surface area (Å²) in [6, 6.07) is -2.43. The quantitative estimate of drug-likeness (QED) is 0.730. The van der Waals surface area contributed by atoms with Gasteiger partial charge in [-0.3, -0.25) is 0 Å². The second-order valence-corrected chi connectivity index (χ2v) is 4.25. The van der Waals surface area contributed by atoms with Crippen LogP contribution in [-0.4, -0.2) is 57.3 Å². The molecule has 7 nitrogen and oxygen atoms in total. The molecule has 0 aliphatic rings. The third-order valence-corrected chi connectivity index (χ3v) is 2.61. The third-order valence-electron chi connectivity index (χ3n) is 2.61. The van der Waals surface area contributed by atoms with E-state index in [1.54, 1.807) is 0 Å². The van der Waals surface area contributed by atoms with Gasteiger partial charge in [0.05, 0.1) is 6.33 Å². The van der Waals surface area contributed by atoms with Crippen LogP contribution >= 0.6 is 0 Å². The number of halogens is 3. The zero-order valence-corrected chi connectivity index (χ0v) is 11.1. The summed E-state index contributed by atoms with van der Waals surface area (Å²) in [5, 5.41) is 11.1. The second kappa shape index (κ2) is 6.95. The van der Waals surface area contributed by atoms with Crippen molar-refractivity contribution < 1.29 is 27.9 Å². The molecule has 0 aliphatic heterocycles. The average Bonchev–Trinajstić information content (AvgIpc) is 2.86. The standard InChI is InChI=1S/C11H15F3N4O3/c1-2-18(5-11(12,13)14)10(21)17-8(9(19)20)3-7-4-15-6-16-7/h4,6,8H,2-3,5H2,1H3,(H,15,16)(H,17,21)(H,19,20). The van der Waals surface area contributed by atoms with E-state index in [2.05, 4.69) is 15.3 Å². The Morgan fingerprint density at radius 3 is 2.62 bits per heavy atom. The maximum atomic E-state index is 12.3. The van der Waals surface area contributed by atoms with Gasteiger partial charge in [-0.25, -0.2) is 14.6 Å². The lowest BCUT2D eigenvalue weighted by molar-refractivity contribution is -0.140. The van der Waals surface area contributed by atoms with Crippen LogP contribution in [0.2, 0.25) is 0 Å². The first kappa shape index (κ1) is 16.8. The van der Waals surface area contributed by atoms with Crippen LogP contribution in [0.4, 0.5) is 18.0 Å². The number of aliphatic carboxylic acids is 1. The molecule has 1 heterocycles. The fourth-order valence-electron chi connectivity index (χ4n) is 1.60. The van der Waals surface area contributed by atoms with Gasteiger partial charge in [-0.1, -0.05) is 0 Å². The minimum atomic E-state index is -4.55. The number of amides is 2. The molecule has 0 fully saturated rings. The number of aromatic nitrogens is 2. The van der Waals surface area contributed by atoms with E-state index >= 15 is 0 Å². The van der Waals surface area contributed by atoms with Crippen LogP contribution in [-0.2, 0) is 11.2 Å². The molecule has 1 atom stereocenters. The van der Waals surface area contributed by atoms with Crippen molar-refractivity contribution in [1.29, 1.82) is 0 Å². The van der Waals surface area contributed by atoms with Crippen molar-refractivity contribution in [2.24, 2.45) is 0 Å². The van der Waals surface area contributed by atoms with Gasteiger partial charge in [-0.05, 0) is 6.92 Å². The van der Waals surface area contributed by atoms with Gasteiger partial charge in [-0.15, -0.1) is 0 Å². The van der Waals surface area contributed by atoms with E-state index in [-0.39, 0.29) is 13.0 Å².